The van der Waals surface area contributed by atoms with Gasteiger partial charge in [-0.3, -0.25) is 0 Å². The van der Waals surface area contributed by atoms with Gasteiger partial charge in [0.2, 0.25) is 0 Å². The van der Waals surface area contributed by atoms with Gasteiger partial charge in [-0.2, -0.15) is 0 Å². The first-order valence-electron chi connectivity index (χ1n) is 6.31. The van der Waals surface area contributed by atoms with Crippen molar-refractivity contribution >= 4 is 0 Å². The van der Waals surface area contributed by atoms with E-state index < -0.39 is 6.17 Å². The van der Waals surface area contributed by atoms with Crippen molar-refractivity contribution in [2.45, 2.75) is 51.6 Å². The van der Waals surface area contributed by atoms with E-state index in [1.54, 1.807) is 6.07 Å². The second-order valence-corrected chi connectivity index (χ2v) is 4.39. The lowest BCUT2D eigenvalue weighted by Gasteiger charge is -2.11. The maximum atomic E-state index is 13.8. The van der Waals surface area contributed by atoms with Crippen LogP contribution in [0.1, 0.15) is 57.2 Å². The minimum Gasteiger partial charge on any atom is -0.504 e. The SMILES string of the molecule is CCCCCCCC(F)c1cccc(O)c1O. The number of rotatable bonds is 7. The fourth-order valence-corrected chi connectivity index (χ4v) is 1.88. The third-order valence-corrected chi connectivity index (χ3v) is 2.94. The van der Waals surface area contributed by atoms with Crippen molar-refractivity contribution < 1.29 is 14.6 Å². The predicted octanol–water partition coefficient (Wildman–Crippen LogP) is 4.47. The normalized spacial score (nSPS) is 12.6. The van der Waals surface area contributed by atoms with Gasteiger partial charge in [0.15, 0.2) is 11.5 Å². The summed E-state index contributed by atoms with van der Waals surface area (Å²) in [6, 6.07) is 4.42. The van der Waals surface area contributed by atoms with Gasteiger partial charge in [0, 0.05) is 5.56 Å². The van der Waals surface area contributed by atoms with Gasteiger partial charge in [-0.05, 0) is 12.5 Å². The molecule has 1 rings (SSSR count). The Hall–Kier alpha value is -1.25. The molecule has 1 unspecified atom stereocenters. The largest absolute Gasteiger partial charge is 0.504 e. The van der Waals surface area contributed by atoms with Gasteiger partial charge in [0.1, 0.15) is 6.17 Å². The minimum atomic E-state index is -1.19. The van der Waals surface area contributed by atoms with Crippen LogP contribution in [0.25, 0.3) is 0 Å². The molecule has 0 amide bonds. The molecule has 0 aliphatic rings. The Morgan fingerprint density at radius 1 is 1.12 bits per heavy atom. The molecule has 2 nitrogen and oxygen atoms in total. The number of alkyl halides is 1. The zero-order valence-corrected chi connectivity index (χ0v) is 10.3. The number of hydrogen-bond acceptors (Lipinski definition) is 2. The summed E-state index contributed by atoms with van der Waals surface area (Å²) < 4.78 is 13.8. The highest BCUT2D eigenvalue weighted by atomic mass is 19.1. The molecule has 1 aromatic carbocycles. The number of para-hydroxylation sites is 1. The number of phenols is 2. The molecular weight excluding hydrogens is 219 g/mol. The molecule has 0 saturated heterocycles. The van der Waals surface area contributed by atoms with E-state index in [9.17, 15) is 14.6 Å². The maximum Gasteiger partial charge on any atom is 0.163 e. The number of halogens is 1. The smallest absolute Gasteiger partial charge is 0.163 e. The molecule has 17 heavy (non-hydrogen) atoms. The van der Waals surface area contributed by atoms with E-state index in [0.717, 1.165) is 19.3 Å². The Bertz CT molecular complexity index is 339. The average Bonchev–Trinajstić information content (AvgIpc) is 2.32. The fraction of sp³-hybridized carbons (Fsp3) is 0.571. The third-order valence-electron chi connectivity index (χ3n) is 2.94. The molecule has 3 heteroatoms. The molecule has 96 valence electrons. The number of phenolic OH excluding ortho intramolecular Hbond substituents is 2. The molecule has 0 radical (unpaired) electrons. The summed E-state index contributed by atoms with van der Waals surface area (Å²) in [7, 11) is 0. The molecule has 0 aliphatic carbocycles. The van der Waals surface area contributed by atoms with Gasteiger partial charge in [-0.1, -0.05) is 51.2 Å². The third kappa shape index (κ3) is 4.25. The van der Waals surface area contributed by atoms with Crippen LogP contribution in [0.2, 0.25) is 0 Å². The van der Waals surface area contributed by atoms with Crippen LogP contribution in [-0.4, -0.2) is 10.2 Å². The van der Waals surface area contributed by atoms with Gasteiger partial charge in [-0.25, -0.2) is 4.39 Å². The van der Waals surface area contributed by atoms with Crippen LogP contribution >= 0.6 is 0 Å². The Kier molecular flexibility index (Phi) is 5.81. The number of hydrogen-bond donors (Lipinski definition) is 2. The van der Waals surface area contributed by atoms with E-state index in [1.165, 1.54) is 25.0 Å². The van der Waals surface area contributed by atoms with Crippen LogP contribution in [0.5, 0.6) is 11.5 Å². The zero-order valence-electron chi connectivity index (χ0n) is 10.3. The van der Waals surface area contributed by atoms with Crippen LogP contribution in [0.4, 0.5) is 4.39 Å². The first-order chi connectivity index (χ1) is 8.16. The number of benzene rings is 1. The second-order valence-electron chi connectivity index (χ2n) is 4.39. The molecule has 2 N–H and O–H groups in total. The monoisotopic (exact) mass is 240 g/mol. The van der Waals surface area contributed by atoms with Gasteiger partial charge in [0.05, 0.1) is 0 Å². The summed E-state index contributed by atoms with van der Waals surface area (Å²) in [4.78, 5) is 0. The first kappa shape index (κ1) is 13.8. The lowest BCUT2D eigenvalue weighted by molar-refractivity contribution is 0.297. The molecule has 0 saturated carbocycles. The van der Waals surface area contributed by atoms with Crippen LogP contribution in [0, 0.1) is 0 Å². The Morgan fingerprint density at radius 2 is 1.82 bits per heavy atom. The molecule has 0 heterocycles. The van der Waals surface area contributed by atoms with Crippen molar-refractivity contribution in [2.75, 3.05) is 0 Å². The fourth-order valence-electron chi connectivity index (χ4n) is 1.88. The van der Waals surface area contributed by atoms with Crippen molar-refractivity contribution in [1.82, 2.24) is 0 Å². The molecule has 0 fully saturated rings. The van der Waals surface area contributed by atoms with E-state index in [-0.39, 0.29) is 17.1 Å². The molecular formula is C14H21FO2. The zero-order chi connectivity index (χ0) is 12.7. The van der Waals surface area contributed by atoms with Gasteiger partial charge >= 0.3 is 0 Å². The highest BCUT2D eigenvalue weighted by Gasteiger charge is 2.15. The Balaban J connectivity index is 2.41. The van der Waals surface area contributed by atoms with E-state index in [2.05, 4.69) is 6.92 Å². The Morgan fingerprint density at radius 3 is 2.53 bits per heavy atom. The van der Waals surface area contributed by atoms with Crippen molar-refractivity contribution in [2.24, 2.45) is 0 Å². The number of unbranched alkanes of at least 4 members (excludes halogenated alkanes) is 4. The summed E-state index contributed by atoms with van der Waals surface area (Å²) in [6.45, 7) is 2.14. The van der Waals surface area contributed by atoms with E-state index in [0.29, 0.717) is 6.42 Å². The summed E-state index contributed by atoms with van der Waals surface area (Å²) in [5.74, 6) is -0.579. The van der Waals surface area contributed by atoms with Crippen LogP contribution in [0.15, 0.2) is 18.2 Å². The molecule has 0 aliphatic heterocycles. The molecule has 0 aromatic heterocycles. The van der Waals surface area contributed by atoms with Gasteiger partial charge in [0.25, 0.3) is 0 Å². The predicted molar refractivity (Wildman–Crippen MR) is 67.0 cm³/mol. The van der Waals surface area contributed by atoms with Crippen LogP contribution < -0.4 is 0 Å². The van der Waals surface area contributed by atoms with Crippen molar-refractivity contribution in [1.29, 1.82) is 0 Å². The summed E-state index contributed by atoms with van der Waals surface area (Å²) in [5, 5.41) is 18.8. The lowest BCUT2D eigenvalue weighted by Crippen LogP contribution is -1.93. The van der Waals surface area contributed by atoms with E-state index in [1.807, 2.05) is 0 Å². The molecule has 0 bridgehead atoms. The lowest BCUT2D eigenvalue weighted by atomic mass is 10.0. The minimum absolute atomic E-state index is 0.195. The Labute approximate surface area is 102 Å². The quantitative estimate of drug-likeness (QED) is 0.545. The number of aromatic hydroxyl groups is 2. The van der Waals surface area contributed by atoms with Crippen molar-refractivity contribution in [3.63, 3.8) is 0 Å². The summed E-state index contributed by atoms with van der Waals surface area (Å²) in [5.41, 5.74) is 0.195. The standard InChI is InChI=1S/C14H21FO2/c1-2-3-4-5-6-9-12(15)11-8-7-10-13(16)14(11)17/h7-8,10,12,16-17H,2-6,9H2,1H3. The van der Waals surface area contributed by atoms with Crippen molar-refractivity contribution in [3.05, 3.63) is 23.8 Å². The highest BCUT2D eigenvalue weighted by Crippen LogP contribution is 2.36. The van der Waals surface area contributed by atoms with Crippen molar-refractivity contribution in [3.8, 4) is 11.5 Å². The average molecular weight is 240 g/mol. The highest BCUT2D eigenvalue weighted by molar-refractivity contribution is 5.45. The molecule has 1 aromatic rings. The van der Waals surface area contributed by atoms with Crippen LogP contribution in [0.3, 0.4) is 0 Å². The second kappa shape index (κ2) is 7.15. The van der Waals surface area contributed by atoms with Gasteiger partial charge in [-0.15, -0.1) is 0 Å². The topological polar surface area (TPSA) is 40.5 Å². The van der Waals surface area contributed by atoms with Crippen LogP contribution in [-0.2, 0) is 0 Å². The van der Waals surface area contributed by atoms with Gasteiger partial charge < -0.3 is 10.2 Å². The van der Waals surface area contributed by atoms with E-state index in [4.69, 9.17) is 0 Å². The summed E-state index contributed by atoms with van der Waals surface area (Å²) in [6.07, 6.45) is 4.55. The molecule has 1 atom stereocenters. The van der Waals surface area contributed by atoms with E-state index >= 15 is 0 Å². The summed E-state index contributed by atoms with van der Waals surface area (Å²) >= 11 is 0. The maximum absolute atomic E-state index is 13.8. The first-order valence-corrected chi connectivity index (χ1v) is 6.31. The molecule has 0 spiro atoms.